The molecule has 0 atom stereocenters. The van der Waals surface area contributed by atoms with Gasteiger partial charge in [-0.05, 0) is 6.07 Å². The van der Waals surface area contributed by atoms with Crippen molar-refractivity contribution in [3.05, 3.63) is 36.3 Å². The van der Waals surface area contributed by atoms with E-state index >= 15 is 0 Å². The number of hydrogen-bond acceptors (Lipinski definition) is 4. The molecule has 2 N–H and O–H groups in total. The second-order valence-corrected chi connectivity index (χ2v) is 2.78. The molecule has 0 spiro atoms. The van der Waals surface area contributed by atoms with E-state index in [2.05, 4.69) is 15.0 Å². The molecule has 2 rings (SSSR count). The minimum atomic E-state index is -0.728. The van der Waals surface area contributed by atoms with E-state index in [1.807, 2.05) is 0 Å². The van der Waals surface area contributed by atoms with E-state index in [0.717, 1.165) is 12.4 Å². The number of nitrogen functional groups attached to an aromatic ring is 1. The maximum absolute atomic E-state index is 13.3. The first-order valence-electron chi connectivity index (χ1n) is 4.06. The third-order valence-corrected chi connectivity index (χ3v) is 1.79. The predicted octanol–water partition coefficient (Wildman–Crippen LogP) is 1.40. The van der Waals surface area contributed by atoms with Crippen molar-refractivity contribution in [1.29, 1.82) is 0 Å². The summed E-state index contributed by atoms with van der Waals surface area (Å²) in [5, 5.41) is 0. The zero-order valence-electron chi connectivity index (χ0n) is 7.48. The van der Waals surface area contributed by atoms with Crippen molar-refractivity contribution < 1.29 is 8.78 Å². The first-order chi connectivity index (χ1) is 7.18. The average Bonchev–Trinajstić information content (AvgIpc) is 2.23. The molecule has 0 radical (unpaired) electrons. The maximum Gasteiger partial charge on any atom is 0.220 e. The maximum atomic E-state index is 13.3. The first-order valence-corrected chi connectivity index (χ1v) is 4.06. The summed E-state index contributed by atoms with van der Waals surface area (Å²) in [7, 11) is 0. The summed E-state index contributed by atoms with van der Waals surface area (Å²) in [4.78, 5) is 10.6. The zero-order valence-corrected chi connectivity index (χ0v) is 7.48. The molecule has 2 heterocycles. The molecule has 76 valence electrons. The van der Waals surface area contributed by atoms with Crippen LogP contribution in [0.15, 0.2) is 24.7 Å². The van der Waals surface area contributed by atoms with Crippen molar-refractivity contribution in [2.24, 2.45) is 0 Å². The van der Waals surface area contributed by atoms with Crippen LogP contribution < -0.4 is 5.73 Å². The van der Waals surface area contributed by atoms with Gasteiger partial charge in [-0.1, -0.05) is 0 Å². The van der Waals surface area contributed by atoms with E-state index in [-0.39, 0.29) is 17.2 Å². The van der Waals surface area contributed by atoms with Crippen LogP contribution in [0.25, 0.3) is 11.3 Å². The Labute approximate surface area is 83.8 Å². The third kappa shape index (κ3) is 1.74. The van der Waals surface area contributed by atoms with Crippen molar-refractivity contribution in [3.63, 3.8) is 0 Å². The highest BCUT2D eigenvalue weighted by Crippen LogP contribution is 2.22. The average molecular weight is 208 g/mol. The van der Waals surface area contributed by atoms with Gasteiger partial charge in [0.15, 0.2) is 11.6 Å². The van der Waals surface area contributed by atoms with Gasteiger partial charge in [-0.25, -0.2) is 18.7 Å². The molecule has 0 aliphatic rings. The van der Waals surface area contributed by atoms with E-state index in [9.17, 15) is 8.78 Å². The van der Waals surface area contributed by atoms with Gasteiger partial charge in [-0.15, -0.1) is 0 Å². The van der Waals surface area contributed by atoms with E-state index in [4.69, 9.17) is 5.73 Å². The summed E-state index contributed by atoms with van der Waals surface area (Å²) < 4.78 is 26.5. The highest BCUT2D eigenvalue weighted by Gasteiger charge is 2.12. The molecule has 0 aliphatic carbocycles. The summed E-state index contributed by atoms with van der Waals surface area (Å²) in [5.41, 5.74) is 5.13. The van der Waals surface area contributed by atoms with Gasteiger partial charge in [0.05, 0.1) is 12.4 Å². The lowest BCUT2D eigenvalue weighted by atomic mass is 10.2. The molecule has 0 saturated carbocycles. The first kappa shape index (κ1) is 9.45. The molecule has 0 aliphatic heterocycles. The summed E-state index contributed by atoms with van der Waals surface area (Å²) in [6.45, 7) is 0. The monoisotopic (exact) mass is 208 g/mol. The number of pyridine rings is 1. The molecular formula is C9H6F2N4. The summed E-state index contributed by atoms with van der Waals surface area (Å²) in [5.74, 6) is -1.49. The van der Waals surface area contributed by atoms with Crippen LogP contribution in [0, 0.1) is 11.6 Å². The highest BCUT2D eigenvalue weighted by atomic mass is 19.1. The minimum absolute atomic E-state index is 0.0107. The summed E-state index contributed by atoms with van der Waals surface area (Å²) in [6.07, 6.45) is 3.22. The van der Waals surface area contributed by atoms with E-state index in [1.54, 1.807) is 0 Å². The van der Waals surface area contributed by atoms with Crippen LogP contribution in [0.1, 0.15) is 0 Å². The normalized spacial score (nSPS) is 10.3. The highest BCUT2D eigenvalue weighted by molar-refractivity contribution is 5.60. The van der Waals surface area contributed by atoms with Crippen LogP contribution in [0.4, 0.5) is 14.7 Å². The quantitative estimate of drug-likeness (QED) is 0.769. The number of halogens is 2. The second-order valence-electron chi connectivity index (χ2n) is 2.78. The molecule has 0 saturated heterocycles. The van der Waals surface area contributed by atoms with Crippen LogP contribution in [0.3, 0.4) is 0 Å². The van der Waals surface area contributed by atoms with Gasteiger partial charge < -0.3 is 5.73 Å². The molecule has 0 bridgehead atoms. The molecule has 0 aromatic carbocycles. The Bertz CT molecular complexity index is 501. The largest absolute Gasteiger partial charge is 0.368 e. The van der Waals surface area contributed by atoms with E-state index in [1.165, 1.54) is 12.3 Å². The third-order valence-electron chi connectivity index (χ3n) is 1.79. The fourth-order valence-corrected chi connectivity index (χ4v) is 1.14. The van der Waals surface area contributed by atoms with Crippen molar-refractivity contribution in [1.82, 2.24) is 15.0 Å². The smallest absolute Gasteiger partial charge is 0.220 e. The number of nitrogens with zero attached hydrogens (tertiary/aromatic N) is 3. The van der Waals surface area contributed by atoms with Crippen molar-refractivity contribution in [2.45, 2.75) is 0 Å². The van der Waals surface area contributed by atoms with Crippen LogP contribution in [-0.2, 0) is 0 Å². The molecule has 6 heteroatoms. The van der Waals surface area contributed by atoms with Gasteiger partial charge in [0.2, 0.25) is 5.95 Å². The molecule has 2 aromatic heterocycles. The molecular weight excluding hydrogens is 202 g/mol. The fourth-order valence-electron chi connectivity index (χ4n) is 1.14. The Kier molecular flexibility index (Phi) is 2.24. The Balaban J connectivity index is 2.64. The lowest BCUT2D eigenvalue weighted by Gasteiger charge is -2.03. The fraction of sp³-hybridized carbons (Fsp3) is 0. The van der Waals surface area contributed by atoms with Crippen LogP contribution in [-0.4, -0.2) is 15.0 Å². The van der Waals surface area contributed by atoms with Gasteiger partial charge in [-0.2, -0.15) is 0 Å². The van der Waals surface area contributed by atoms with Crippen LogP contribution in [0.5, 0.6) is 0 Å². The molecule has 15 heavy (non-hydrogen) atoms. The number of aromatic nitrogens is 3. The van der Waals surface area contributed by atoms with Gasteiger partial charge >= 0.3 is 0 Å². The van der Waals surface area contributed by atoms with E-state index < -0.39 is 11.6 Å². The van der Waals surface area contributed by atoms with Gasteiger partial charge in [-0.3, -0.25) is 4.98 Å². The van der Waals surface area contributed by atoms with Crippen LogP contribution in [0.2, 0.25) is 0 Å². The molecule has 2 aromatic rings. The van der Waals surface area contributed by atoms with Crippen molar-refractivity contribution >= 4 is 5.95 Å². The topological polar surface area (TPSA) is 64.7 Å². The molecule has 0 unspecified atom stereocenters. The van der Waals surface area contributed by atoms with Gasteiger partial charge in [0.1, 0.15) is 5.69 Å². The van der Waals surface area contributed by atoms with E-state index in [0.29, 0.717) is 0 Å². The molecule has 0 amide bonds. The number of anilines is 1. The Morgan fingerprint density at radius 3 is 2.67 bits per heavy atom. The number of hydrogen-bond donors (Lipinski definition) is 1. The Morgan fingerprint density at radius 2 is 1.93 bits per heavy atom. The number of nitrogens with two attached hydrogens (primary N) is 1. The minimum Gasteiger partial charge on any atom is -0.368 e. The lowest BCUT2D eigenvalue weighted by Crippen LogP contribution is -2.00. The van der Waals surface area contributed by atoms with Crippen LogP contribution >= 0.6 is 0 Å². The lowest BCUT2D eigenvalue weighted by molar-refractivity contribution is 0.605. The predicted molar refractivity (Wildman–Crippen MR) is 49.6 cm³/mol. The zero-order chi connectivity index (χ0) is 10.8. The van der Waals surface area contributed by atoms with Gasteiger partial charge in [0, 0.05) is 11.8 Å². The number of rotatable bonds is 1. The standard InChI is InChI=1S/C9H6F2N4/c10-6-3-13-2-1-5(6)8-7(11)4-14-9(12)15-8/h1-4H,(H2,12,14,15). The molecule has 4 nitrogen and oxygen atoms in total. The summed E-state index contributed by atoms with van der Waals surface area (Å²) >= 11 is 0. The van der Waals surface area contributed by atoms with Gasteiger partial charge in [0.25, 0.3) is 0 Å². The molecule has 0 fully saturated rings. The van der Waals surface area contributed by atoms with Crippen molar-refractivity contribution in [2.75, 3.05) is 5.73 Å². The SMILES string of the molecule is Nc1ncc(F)c(-c2ccncc2F)n1. The Morgan fingerprint density at radius 1 is 1.13 bits per heavy atom. The Hall–Kier alpha value is -2.11. The summed E-state index contributed by atoms with van der Waals surface area (Å²) in [6, 6.07) is 1.32. The second kappa shape index (κ2) is 3.56. The van der Waals surface area contributed by atoms with Crippen molar-refractivity contribution in [3.8, 4) is 11.3 Å².